The number of carbonyl (C=O) groups is 1. The summed E-state index contributed by atoms with van der Waals surface area (Å²) in [6.07, 6.45) is 1.56. The summed E-state index contributed by atoms with van der Waals surface area (Å²) in [5.41, 5.74) is 1.76. The van der Waals surface area contributed by atoms with Gasteiger partial charge in [-0.15, -0.1) is 0 Å². The van der Waals surface area contributed by atoms with Gasteiger partial charge in [0, 0.05) is 16.5 Å². The Labute approximate surface area is 164 Å². The normalized spacial score (nSPS) is 11.7. The van der Waals surface area contributed by atoms with Crippen LogP contribution in [0.3, 0.4) is 0 Å². The zero-order chi connectivity index (χ0) is 19.1. The number of benzene rings is 2. The van der Waals surface area contributed by atoms with E-state index < -0.39 is 0 Å². The fraction of sp³-hybridized carbons (Fsp3) is 0.350. The van der Waals surface area contributed by atoms with Gasteiger partial charge in [0.25, 0.3) is 0 Å². The van der Waals surface area contributed by atoms with Crippen molar-refractivity contribution in [3.05, 3.63) is 57.6 Å². The Hall–Kier alpha value is -1.91. The minimum absolute atomic E-state index is 0.0531. The van der Waals surface area contributed by atoms with Crippen molar-refractivity contribution < 1.29 is 14.3 Å². The molecule has 4 nitrogen and oxygen atoms in total. The molecule has 0 aliphatic carbocycles. The predicted molar refractivity (Wildman–Crippen MR) is 106 cm³/mol. The second kappa shape index (κ2) is 9.70. The molecule has 2 rings (SSSR count). The van der Waals surface area contributed by atoms with Gasteiger partial charge < -0.3 is 14.8 Å². The van der Waals surface area contributed by atoms with E-state index in [-0.39, 0.29) is 11.9 Å². The summed E-state index contributed by atoms with van der Waals surface area (Å²) in [4.78, 5) is 12.4. The van der Waals surface area contributed by atoms with Crippen molar-refractivity contribution in [1.29, 1.82) is 0 Å². The highest BCUT2D eigenvalue weighted by Crippen LogP contribution is 2.31. The fourth-order valence-electron chi connectivity index (χ4n) is 2.77. The largest absolute Gasteiger partial charge is 0.493 e. The molecule has 0 radical (unpaired) electrons. The molecular formula is C20H23Cl2NO3. The maximum absolute atomic E-state index is 12.4. The summed E-state index contributed by atoms with van der Waals surface area (Å²) in [7, 11) is 3.19. The standard InChI is InChI=1S/C20H23Cl2NO3/c1-4-17(13-8-10-18(25-2)19(12-13)26-3)23-20(24)11-9-14-15(21)6-5-7-16(14)22/h5-8,10,12,17H,4,9,11H2,1-3H3,(H,23,24)/t17-/m0/s1. The molecule has 0 saturated heterocycles. The van der Waals surface area contributed by atoms with E-state index in [0.717, 1.165) is 17.5 Å². The molecule has 0 aromatic heterocycles. The third-order valence-corrected chi connectivity index (χ3v) is 4.93. The molecule has 0 saturated carbocycles. The maximum Gasteiger partial charge on any atom is 0.220 e. The molecule has 6 heteroatoms. The van der Waals surface area contributed by atoms with Gasteiger partial charge >= 0.3 is 0 Å². The van der Waals surface area contributed by atoms with Crippen LogP contribution in [0.1, 0.15) is 36.9 Å². The van der Waals surface area contributed by atoms with Gasteiger partial charge in [-0.3, -0.25) is 4.79 Å². The first kappa shape index (κ1) is 20.4. The lowest BCUT2D eigenvalue weighted by Gasteiger charge is -2.19. The maximum atomic E-state index is 12.4. The SMILES string of the molecule is CC[C@H](NC(=O)CCc1c(Cl)cccc1Cl)c1ccc(OC)c(OC)c1. The van der Waals surface area contributed by atoms with E-state index in [2.05, 4.69) is 5.32 Å². The molecule has 0 heterocycles. The van der Waals surface area contributed by atoms with Crippen molar-refractivity contribution in [2.75, 3.05) is 14.2 Å². The highest BCUT2D eigenvalue weighted by atomic mass is 35.5. The second-order valence-electron chi connectivity index (χ2n) is 5.84. The van der Waals surface area contributed by atoms with Crippen LogP contribution in [-0.2, 0) is 11.2 Å². The van der Waals surface area contributed by atoms with Crippen LogP contribution < -0.4 is 14.8 Å². The summed E-state index contributed by atoms with van der Waals surface area (Å²) >= 11 is 12.3. The Kier molecular flexibility index (Phi) is 7.61. The van der Waals surface area contributed by atoms with E-state index >= 15 is 0 Å². The molecule has 1 amide bonds. The highest BCUT2D eigenvalue weighted by molar-refractivity contribution is 6.36. The molecule has 26 heavy (non-hydrogen) atoms. The second-order valence-corrected chi connectivity index (χ2v) is 6.66. The van der Waals surface area contributed by atoms with Crippen LogP contribution in [-0.4, -0.2) is 20.1 Å². The van der Waals surface area contributed by atoms with Crippen LogP contribution >= 0.6 is 23.2 Å². The summed E-state index contributed by atoms with van der Waals surface area (Å²) in [6.45, 7) is 2.02. The number of hydrogen-bond donors (Lipinski definition) is 1. The van der Waals surface area contributed by atoms with Gasteiger partial charge in [-0.2, -0.15) is 0 Å². The quantitative estimate of drug-likeness (QED) is 0.666. The number of carbonyl (C=O) groups excluding carboxylic acids is 1. The predicted octanol–water partition coefficient (Wildman–Crippen LogP) is 5.21. The average molecular weight is 396 g/mol. The zero-order valence-corrected chi connectivity index (χ0v) is 16.7. The number of rotatable bonds is 8. The van der Waals surface area contributed by atoms with Crippen molar-refractivity contribution >= 4 is 29.1 Å². The van der Waals surface area contributed by atoms with E-state index in [0.29, 0.717) is 34.4 Å². The van der Waals surface area contributed by atoms with Crippen LogP contribution in [0.4, 0.5) is 0 Å². The van der Waals surface area contributed by atoms with Crippen molar-refractivity contribution in [3.63, 3.8) is 0 Å². The Balaban J connectivity index is 2.04. The molecule has 0 spiro atoms. The van der Waals surface area contributed by atoms with Crippen LogP contribution in [0.2, 0.25) is 10.0 Å². The molecule has 140 valence electrons. The van der Waals surface area contributed by atoms with Crippen molar-refractivity contribution in [2.45, 2.75) is 32.2 Å². The Morgan fingerprint density at radius 3 is 2.31 bits per heavy atom. The molecule has 2 aromatic carbocycles. The topological polar surface area (TPSA) is 47.6 Å². The zero-order valence-electron chi connectivity index (χ0n) is 15.1. The summed E-state index contributed by atoms with van der Waals surface area (Å²) in [6, 6.07) is 10.9. The lowest BCUT2D eigenvalue weighted by atomic mass is 10.0. The number of halogens is 2. The Bertz CT molecular complexity index is 744. The van der Waals surface area contributed by atoms with Crippen LogP contribution in [0.5, 0.6) is 11.5 Å². The molecule has 1 atom stereocenters. The van der Waals surface area contributed by atoms with E-state index in [9.17, 15) is 4.79 Å². The van der Waals surface area contributed by atoms with Gasteiger partial charge in [0.1, 0.15) is 0 Å². The third kappa shape index (κ3) is 5.05. The first-order valence-corrected chi connectivity index (χ1v) is 9.19. The highest BCUT2D eigenvalue weighted by Gasteiger charge is 2.16. The number of nitrogens with one attached hydrogen (secondary N) is 1. The van der Waals surface area contributed by atoms with Gasteiger partial charge in [0.15, 0.2) is 11.5 Å². The fourth-order valence-corrected chi connectivity index (χ4v) is 3.35. The molecule has 0 aliphatic heterocycles. The van der Waals surface area contributed by atoms with Crippen LogP contribution in [0, 0.1) is 0 Å². The average Bonchev–Trinajstić information content (AvgIpc) is 2.65. The van der Waals surface area contributed by atoms with Gasteiger partial charge in [0.05, 0.1) is 20.3 Å². The smallest absolute Gasteiger partial charge is 0.220 e. The number of methoxy groups -OCH3 is 2. The lowest BCUT2D eigenvalue weighted by Crippen LogP contribution is -2.28. The minimum Gasteiger partial charge on any atom is -0.493 e. The summed E-state index contributed by atoms with van der Waals surface area (Å²) in [5, 5.41) is 4.22. The molecule has 0 bridgehead atoms. The number of amides is 1. The van der Waals surface area contributed by atoms with E-state index in [1.165, 1.54) is 0 Å². The number of hydrogen-bond acceptors (Lipinski definition) is 3. The van der Waals surface area contributed by atoms with Gasteiger partial charge in [0.2, 0.25) is 5.91 Å². The molecule has 1 N–H and O–H groups in total. The van der Waals surface area contributed by atoms with Gasteiger partial charge in [-0.05, 0) is 48.2 Å². The third-order valence-electron chi connectivity index (χ3n) is 4.22. The Morgan fingerprint density at radius 1 is 1.08 bits per heavy atom. The van der Waals surface area contributed by atoms with Crippen molar-refractivity contribution in [1.82, 2.24) is 5.32 Å². The molecule has 0 fully saturated rings. The van der Waals surface area contributed by atoms with Crippen molar-refractivity contribution in [3.8, 4) is 11.5 Å². The molecule has 0 unspecified atom stereocenters. The molecule has 2 aromatic rings. The van der Waals surface area contributed by atoms with Crippen LogP contribution in [0.25, 0.3) is 0 Å². The first-order valence-electron chi connectivity index (χ1n) is 8.44. The molecular weight excluding hydrogens is 373 g/mol. The van der Waals surface area contributed by atoms with E-state index in [4.69, 9.17) is 32.7 Å². The van der Waals surface area contributed by atoms with Gasteiger partial charge in [-0.25, -0.2) is 0 Å². The monoisotopic (exact) mass is 395 g/mol. The van der Waals surface area contributed by atoms with Crippen molar-refractivity contribution in [2.24, 2.45) is 0 Å². The van der Waals surface area contributed by atoms with E-state index in [1.807, 2.05) is 25.1 Å². The lowest BCUT2D eigenvalue weighted by molar-refractivity contribution is -0.121. The Morgan fingerprint density at radius 2 is 1.73 bits per heavy atom. The first-order chi connectivity index (χ1) is 12.5. The van der Waals surface area contributed by atoms with Crippen LogP contribution in [0.15, 0.2) is 36.4 Å². The van der Waals surface area contributed by atoms with E-state index in [1.54, 1.807) is 32.4 Å². The van der Waals surface area contributed by atoms with Gasteiger partial charge in [-0.1, -0.05) is 42.3 Å². The summed E-state index contributed by atoms with van der Waals surface area (Å²) < 4.78 is 10.6. The number of ether oxygens (including phenoxy) is 2. The minimum atomic E-state index is -0.107. The molecule has 0 aliphatic rings. The summed E-state index contributed by atoms with van der Waals surface area (Å²) in [5.74, 6) is 1.24.